The molecule has 1 aliphatic rings. The number of carbonyl (C=O) groups excluding carboxylic acids is 1. The molecule has 0 spiro atoms. The summed E-state index contributed by atoms with van der Waals surface area (Å²) in [5.41, 5.74) is 2.06. The fourth-order valence-electron chi connectivity index (χ4n) is 2.93. The molecule has 2 aromatic carbocycles. The molecule has 0 bridgehead atoms. The molecule has 0 atom stereocenters. The molecule has 0 radical (unpaired) electrons. The van der Waals surface area contributed by atoms with Gasteiger partial charge in [-0.15, -0.1) is 10.2 Å². The second-order valence-corrected chi connectivity index (χ2v) is 6.79. The number of rotatable bonds is 3. The van der Waals surface area contributed by atoms with Gasteiger partial charge >= 0.3 is 0 Å². The average Bonchev–Trinajstić information content (AvgIpc) is 2.99. The molecule has 6 heteroatoms. The highest BCUT2D eigenvalue weighted by atomic mass is 32.1. The Labute approximate surface area is 143 Å². The number of hydrogen-bond acceptors (Lipinski definition) is 5. The highest BCUT2D eigenvalue weighted by Crippen LogP contribution is 2.45. The van der Waals surface area contributed by atoms with Crippen LogP contribution in [-0.4, -0.2) is 16.1 Å². The lowest BCUT2D eigenvalue weighted by Gasteiger charge is -2.27. The maximum Gasteiger partial charge on any atom is 0.227 e. The number of anilines is 1. The van der Waals surface area contributed by atoms with Gasteiger partial charge in [0, 0.05) is 23.5 Å². The smallest absolute Gasteiger partial charge is 0.227 e. The van der Waals surface area contributed by atoms with Crippen LogP contribution in [0.1, 0.15) is 28.5 Å². The Morgan fingerprint density at radius 1 is 1.08 bits per heavy atom. The third-order valence-electron chi connectivity index (χ3n) is 3.97. The first-order chi connectivity index (χ1) is 11.7. The van der Waals surface area contributed by atoms with Crippen molar-refractivity contribution in [2.75, 3.05) is 5.32 Å². The minimum Gasteiger partial charge on any atom is -0.457 e. The number of aromatic nitrogens is 2. The van der Waals surface area contributed by atoms with E-state index >= 15 is 0 Å². The van der Waals surface area contributed by atoms with Crippen LogP contribution in [0.25, 0.3) is 0 Å². The number of amides is 1. The van der Waals surface area contributed by atoms with Gasteiger partial charge in [0.1, 0.15) is 16.5 Å². The van der Waals surface area contributed by atoms with Crippen molar-refractivity contribution in [3.05, 3.63) is 64.7 Å². The first-order valence-corrected chi connectivity index (χ1v) is 8.48. The molecular weight excluding hydrogens is 322 g/mol. The van der Waals surface area contributed by atoms with Gasteiger partial charge in [0.15, 0.2) is 0 Å². The zero-order chi connectivity index (χ0) is 16.5. The van der Waals surface area contributed by atoms with Crippen LogP contribution in [0.2, 0.25) is 0 Å². The SMILES string of the molecule is Cc1nnc(NC(=O)CC2c3ccccc3Oc3ccccc32)s1. The fraction of sp³-hybridized carbons (Fsp3) is 0.167. The summed E-state index contributed by atoms with van der Waals surface area (Å²) in [6, 6.07) is 15.7. The largest absolute Gasteiger partial charge is 0.457 e. The second-order valence-electron chi connectivity index (χ2n) is 5.61. The lowest BCUT2D eigenvalue weighted by atomic mass is 9.85. The Kier molecular flexibility index (Phi) is 3.74. The molecule has 0 fully saturated rings. The van der Waals surface area contributed by atoms with E-state index in [4.69, 9.17) is 4.74 Å². The van der Waals surface area contributed by atoms with Gasteiger partial charge in [-0.3, -0.25) is 4.79 Å². The molecular formula is C18H15N3O2S. The highest BCUT2D eigenvalue weighted by Gasteiger charge is 2.28. The molecule has 0 saturated carbocycles. The number of para-hydroxylation sites is 2. The molecule has 3 aromatic rings. The summed E-state index contributed by atoms with van der Waals surface area (Å²) in [7, 11) is 0. The van der Waals surface area contributed by atoms with Crippen LogP contribution >= 0.6 is 11.3 Å². The lowest BCUT2D eigenvalue weighted by molar-refractivity contribution is -0.116. The Bertz CT molecular complexity index is 861. The van der Waals surface area contributed by atoms with Crippen LogP contribution in [0.4, 0.5) is 5.13 Å². The molecule has 1 aromatic heterocycles. The number of nitrogens with zero attached hydrogens (tertiary/aromatic N) is 2. The van der Waals surface area contributed by atoms with Gasteiger partial charge in [0.2, 0.25) is 11.0 Å². The summed E-state index contributed by atoms with van der Waals surface area (Å²) < 4.78 is 5.96. The van der Waals surface area contributed by atoms with Gasteiger partial charge in [-0.25, -0.2) is 0 Å². The van der Waals surface area contributed by atoms with E-state index in [2.05, 4.69) is 15.5 Å². The van der Waals surface area contributed by atoms with Crippen molar-refractivity contribution in [1.82, 2.24) is 10.2 Å². The zero-order valence-electron chi connectivity index (χ0n) is 13.0. The first-order valence-electron chi connectivity index (χ1n) is 7.66. The summed E-state index contributed by atoms with van der Waals surface area (Å²) in [5, 5.41) is 12.1. The zero-order valence-corrected chi connectivity index (χ0v) is 13.8. The molecule has 1 N–H and O–H groups in total. The predicted octanol–water partition coefficient (Wildman–Crippen LogP) is 4.11. The number of carbonyl (C=O) groups is 1. The Morgan fingerprint density at radius 2 is 1.71 bits per heavy atom. The van der Waals surface area contributed by atoms with Crippen LogP contribution < -0.4 is 10.1 Å². The Hall–Kier alpha value is -2.73. The van der Waals surface area contributed by atoms with Crippen molar-refractivity contribution in [3.8, 4) is 11.5 Å². The van der Waals surface area contributed by atoms with E-state index in [-0.39, 0.29) is 11.8 Å². The van der Waals surface area contributed by atoms with Gasteiger partial charge in [-0.1, -0.05) is 47.7 Å². The van der Waals surface area contributed by atoms with Crippen molar-refractivity contribution < 1.29 is 9.53 Å². The fourth-order valence-corrected chi connectivity index (χ4v) is 3.54. The third-order valence-corrected chi connectivity index (χ3v) is 4.72. The summed E-state index contributed by atoms with van der Waals surface area (Å²) >= 11 is 1.37. The molecule has 0 saturated heterocycles. The Morgan fingerprint density at radius 3 is 2.29 bits per heavy atom. The van der Waals surface area contributed by atoms with E-state index in [0.29, 0.717) is 11.6 Å². The first kappa shape index (κ1) is 14.8. The summed E-state index contributed by atoms with van der Waals surface area (Å²) in [6.07, 6.45) is 0.329. The van der Waals surface area contributed by atoms with Crippen LogP contribution in [-0.2, 0) is 4.79 Å². The normalized spacial score (nSPS) is 12.9. The number of nitrogens with one attached hydrogen (secondary N) is 1. The molecule has 120 valence electrons. The minimum atomic E-state index is -0.0809. The molecule has 1 aliphatic heterocycles. The third kappa shape index (κ3) is 2.76. The highest BCUT2D eigenvalue weighted by molar-refractivity contribution is 7.15. The van der Waals surface area contributed by atoms with Crippen molar-refractivity contribution in [2.24, 2.45) is 0 Å². The number of benzene rings is 2. The van der Waals surface area contributed by atoms with E-state index in [1.165, 1.54) is 11.3 Å². The number of aryl methyl sites for hydroxylation is 1. The molecule has 5 nitrogen and oxygen atoms in total. The maximum atomic E-state index is 12.5. The molecule has 4 rings (SSSR count). The van der Waals surface area contributed by atoms with Crippen molar-refractivity contribution in [2.45, 2.75) is 19.3 Å². The van der Waals surface area contributed by atoms with Crippen molar-refractivity contribution >= 4 is 22.4 Å². The minimum absolute atomic E-state index is 0.0415. The maximum absolute atomic E-state index is 12.5. The summed E-state index contributed by atoms with van der Waals surface area (Å²) in [5.74, 6) is 1.49. The quantitative estimate of drug-likeness (QED) is 0.781. The van der Waals surface area contributed by atoms with Gasteiger partial charge in [0.05, 0.1) is 0 Å². The van der Waals surface area contributed by atoms with Crippen LogP contribution in [0.15, 0.2) is 48.5 Å². The monoisotopic (exact) mass is 337 g/mol. The standard InChI is InChI=1S/C18H15N3O2S/c1-11-20-21-18(24-11)19-17(22)10-14-12-6-2-4-8-15(12)23-16-9-5-3-7-13(14)16/h2-9,14H,10H2,1H3,(H,19,21,22). The molecule has 1 amide bonds. The Balaban J connectivity index is 1.63. The second kappa shape index (κ2) is 6.05. The van der Waals surface area contributed by atoms with E-state index < -0.39 is 0 Å². The van der Waals surface area contributed by atoms with E-state index in [1.54, 1.807) is 0 Å². The van der Waals surface area contributed by atoms with E-state index in [9.17, 15) is 4.79 Å². The summed E-state index contributed by atoms with van der Waals surface area (Å²) in [6.45, 7) is 1.86. The molecule has 0 unspecified atom stereocenters. The van der Waals surface area contributed by atoms with Gasteiger partial charge in [-0.2, -0.15) is 0 Å². The van der Waals surface area contributed by atoms with Crippen molar-refractivity contribution in [1.29, 1.82) is 0 Å². The lowest BCUT2D eigenvalue weighted by Crippen LogP contribution is -2.19. The van der Waals surface area contributed by atoms with Crippen LogP contribution in [0, 0.1) is 6.92 Å². The number of fused-ring (bicyclic) bond motifs is 2. The van der Waals surface area contributed by atoms with Gasteiger partial charge < -0.3 is 10.1 Å². The number of hydrogen-bond donors (Lipinski definition) is 1. The van der Waals surface area contributed by atoms with Crippen molar-refractivity contribution in [3.63, 3.8) is 0 Å². The average molecular weight is 337 g/mol. The van der Waals surface area contributed by atoms with Gasteiger partial charge in [0.25, 0.3) is 0 Å². The topological polar surface area (TPSA) is 64.1 Å². The number of ether oxygens (including phenoxy) is 1. The predicted molar refractivity (Wildman–Crippen MR) is 92.7 cm³/mol. The molecule has 2 heterocycles. The molecule has 0 aliphatic carbocycles. The van der Waals surface area contributed by atoms with E-state index in [0.717, 1.165) is 27.6 Å². The van der Waals surface area contributed by atoms with Gasteiger partial charge in [-0.05, 0) is 19.1 Å². The van der Waals surface area contributed by atoms with E-state index in [1.807, 2.05) is 55.5 Å². The summed E-state index contributed by atoms with van der Waals surface area (Å²) in [4.78, 5) is 12.5. The molecule has 24 heavy (non-hydrogen) atoms. The van der Waals surface area contributed by atoms with Crippen LogP contribution in [0.3, 0.4) is 0 Å². The van der Waals surface area contributed by atoms with Crippen LogP contribution in [0.5, 0.6) is 11.5 Å².